The summed E-state index contributed by atoms with van der Waals surface area (Å²) in [4.78, 5) is 22.7. The second-order valence-corrected chi connectivity index (χ2v) is 9.92. The molecule has 0 radical (unpaired) electrons. The summed E-state index contributed by atoms with van der Waals surface area (Å²) in [6, 6.07) is 8.10. The minimum Gasteiger partial charge on any atom is -0.295 e. The predicted molar refractivity (Wildman–Crippen MR) is 141 cm³/mol. The SMILES string of the molecule is CCCCc1cn(-c2ncnn2CC(C)C)c(=O)n1CC1(c2cccc(-c3nn[nH]n3)c2)C=CN=CC1. The van der Waals surface area contributed by atoms with E-state index in [9.17, 15) is 4.79 Å². The fourth-order valence-electron chi connectivity index (χ4n) is 4.80. The Labute approximate surface area is 215 Å². The van der Waals surface area contributed by atoms with Gasteiger partial charge in [-0.25, -0.2) is 14.0 Å². The summed E-state index contributed by atoms with van der Waals surface area (Å²) in [5.74, 6) is 1.45. The van der Waals surface area contributed by atoms with Gasteiger partial charge in [-0.3, -0.25) is 9.56 Å². The van der Waals surface area contributed by atoms with Crippen LogP contribution in [0.25, 0.3) is 17.3 Å². The van der Waals surface area contributed by atoms with E-state index in [0.29, 0.717) is 37.2 Å². The number of hydrogen-bond donors (Lipinski definition) is 1. The molecule has 0 saturated heterocycles. The Morgan fingerprint density at radius 2 is 2.14 bits per heavy atom. The number of nitrogens with one attached hydrogen (secondary N) is 1. The molecule has 0 amide bonds. The maximum Gasteiger partial charge on any atom is 0.335 e. The number of aliphatic imine (C=N–C) groups is 1. The van der Waals surface area contributed by atoms with Crippen molar-refractivity contribution >= 4 is 6.21 Å². The number of hydrogen-bond acceptors (Lipinski definition) is 7. The van der Waals surface area contributed by atoms with Gasteiger partial charge in [-0.15, -0.1) is 10.2 Å². The lowest BCUT2D eigenvalue weighted by Gasteiger charge is -2.32. The Morgan fingerprint density at radius 1 is 1.24 bits per heavy atom. The first-order valence-corrected chi connectivity index (χ1v) is 12.7. The molecule has 1 N–H and O–H groups in total. The van der Waals surface area contributed by atoms with Crippen molar-refractivity contribution in [1.82, 2.24) is 44.5 Å². The second-order valence-electron chi connectivity index (χ2n) is 9.92. The van der Waals surface area contributed by atoms with Crippen LogP contribution in [-0.4, -0.2) is 50.7 Å². The predicted octanol–water partition coefficient (Wildman–Crippen LogP) is 3.34. The van der Waals surface area contributed by atoms with Crippen molar-refractivity contribution in [3.05, 3.63) is 70.8 Å². The summed E-state index contributed by atoms with van der Waals surface area (Å²) in [5.41, 5.74) is 2.31. The van der Waals surface area contributed by atoms with Crippen molar-refractivity contribution in [2.75, 3.05) is 0 Å². The molecule has 37 heavy (non-hydrogen) atoms. The largest absolute Gasteiger partial charge is 0.335 e. The highest BCUT2D eigenvalue weighted by molar-refractivity contribution is 5.65. The Morgan fingerprint density at radius 3 is 2.86 bits per heavy atom. The minimum absolute atomic E-state index is 0.117. The number of aryl methyl sites for hydroxylation is 1. The third-order valence-electron chi connectivity index (χ3n) is 6.72. The molecule has 1 aromatic carbocycles. The maximum absolute atomic E-state index is 13.9. The number of benzene rings is 1. The van der Waals surface area contributed by atoms with Crippen molar-refractivity contribution < 1.29 is 0 Å². The highest BCUT2D eigenvalue weighted by Gasteiger charge is 2.33. The molecule has 5 rings (SSSR count). The quantitative estimate of drug-likeness (QED) is 0.356. The lowest BCUT2D eigenvalue weighted by molar-refractivity contribution is 0.436. The molecule has 0 spiro atoms. The van der Waals surface area contributed by atoms with Gasteiger partial charge in [0.2, 0.25) is 11.8 Å². The number of imidazole rings is 1. The standard InChI is InChI=1S/C26H32N10O/c1-4-5-9-22-16-34(24-28-18-29-36(24)15-19(2)3)25(37)35(22)17-26(10-12-27-13-11-26)21-8-6-7-20(14-21)23-30-32-33-31-23/h6-8,10,12-14,16,18-19H,4-5,9,11,15,17H2,1-3H3,(H,30,31,32,33). The summed E-state index contributed by atoms with van der Waals surface area (Å²) in [6.07, 6.45) is 12.7. The summed E-state index contributed by atoms with van der Waals surface area (Å²) in [5, 5.41) is 18.9. The summed E-state index contributed by atoms with van der Waals surface area (Å²) in [6.45, 7) is 7.55. The van der Waals surface area contributed by atoms with E-state index in [1.807, 2.05) is 35.3 Å². The molecule has 11 nitrogen and oxygen atoms in total. The van der Waals surface area contributed by atoms with Crippen LogP contribution in [0.5, 0.6) is 0 Å². The van der Waals surface area contributed by atoms with E-state index >= 15 is 0 Å². The fourth-order valence-corrected chi connectivity index (χ4v) is 4.80. The number of nitrogens with zero attached hydrogens (tertiary/aromatic N) is 9. The molecule has 0 aliphatic carbocycles. The summed E-state index contributed by atoms with van der Waals surface area (Å²) in [7, 11) is 0. The van der Waals surface area contributed by atoms with Crippen LogP contribution in [0.4, 0.5) is 0 Å². The first-order valence-electron chi connectivity index (χ1n) is 12.7. The van der Waals surface area contributed by atoms with Crippen molar-refractivity contribution in [1.29, 1.82) is 0 Å². The van der Waals surface area contributed by atoms with Crippen LogP contribution in [0.15, 0.2) is 58.9 Å². The number of H-pyrrole nitrogens is 1. The number of unbranched alkanes of at least 4 members (excludes halogenated alkanes) is 1. The molecule has 4 aromatic rings. The Hall–Kier alpha value is -4.15. The molecule has 0 saturated carbocycles. The third-order valence-corrected chi connectivity index (χ3v) is 6.72. The number of aromatic amines is 1. The molecular formula is C26H32N10O. The second kappa shape index (κ2) is 10.5. The van der Waals surface area contributed by atoms with Gasteiger partial charge in [0.25, 0.3) is 0 Å². The van der Waals surface area contributed by atoms with Gasteiger partial charge in [-0.05, 0) is 42.0 Å². The zero-order chi connectivity index (χ0) is 25.8. The van der Waals surface area contributed by atoms with Crippen molar-refractivity contribution in [2.45, 2.75) is 65.0 Å². The number of aromatic nitrogens is 9. The molecule has 1 atom stereocenters. The molecule has 0 bridgehead atoms. The first-order chi connectivity index (χ1) is 18.0. The summed E-state index contributed by atoms with van der Waals surface area (Å²) < 4.78 is 5.34. The molecule has 1 aliphatic rings. The van der Waals surface area contributed by atoms with Crippen molar-refractivity contribution in [3.8, 4) is 17.3 Å². The molecule has 192 valence electrons. The van der Waals surface area contributed by atoms with Crippen LogP contribution in [0.1, 0.15) is 51.3 Å². The van der Waals surface area contributed by atoms with Crippen molar-refractivity contribution in [2.24, 2.45) is 10.9 Å². The van der Waals surface area contributed by atoms with Crippen LogP contribution in [0.3, 0.4) is 0 Å². The Kier molecular flexibility index (Phi) is 6.93. The van der Waals surface area contributed by atoms with Crippen LogP contribution < -0.4 is 5.69 Å². The van der Waals surface area contributed by atoms with Crippen LogP contribution in [0.2, 0.25) is 0 Å². The normalized spacial score (nSPS) is 17.2. The van der Waals surface area contributed by atoms with E-state index in [4.69, 9.17) is 0 Å². The van der Waals surface area contributed by atoms with Gasteiger partial charge in [0.15, 0.2) is 0 Å². The van der Waals surface area contributed by atoms with Crippen molar-refractivity contribution in [3.63, 3.8) is 0 Å². The topological polar surface area (TPSA) is 124 Å². The monoisotopic (exact) mass is 500 g/mol. The molecule has 3 aromatic heterocycles. The van der Waals surface area contributed by atoms with E-state index in [1.54, 1.807) is 9.25 Å². The minimum atomic E-state index is -0.468. The van der Waals surface area contributed by atoms with Crippen LogP contribution >= 0.6 is 0 Å². The first kappa shape index (κ1) is 24.5. The smallest absolute Gasteiger partial charge is 0.295 e. The van der Waals surface area contributed by atoms with E-state index in [1.165, 1.54) is 6.33 Å². The number of rotatable bonds is 10. The summed E-state index contributed by atoms with van der Waals surface area (Å²) >= 11 is 0. The van der Waals surface area contributed by atoms with Gasteiger partial charge in [0.1, 0.15) is 6.33 Å². The van der Waals surface area contributed by atoms with Crippen LogP contribution in [-0.2, 0) is 24.9 Å². The Bertz CT molecular complexity index is 1460. The molecule has 1 unspecified atom stereocenters. The van der Waals surface area contributed by atoms with E-state index < -0.39 is 5.41 Å². The molecule has 0 fully saturated rings. The van der Waals surface area contributed by atoms with Gasteiger partial charge < -0.3 is 0 Å². The Balaban J connectivity index is 1.59. The number of tetrazole rings is 1. The molecule has 11 heteroatoms. The lowest BCUT2D eigenvalue weighted by Crippen LogP contribution is -2.37. The van der Waals surface area contributed by atoms with Gasteiger partial charge in [-0.2, -0.15) is 15.3 Å². The van der Waals surface area contributed by atoms with Gasteiger partial charge in [-0.1, -0.05) is 51.5 Å². The highest BCUT2D eigenvalue weighted by atomic mass is 16.2. The molecule has 1 aliphatic heterocycles. The zero-order valence-corrected chi connectivity index (χ0v) is 21.4. The average molecular weight is 501 g/mol. The van der Waals surface area contributed by atoms with E-state index in [2.05, 4.69) is 74.7 Å². The van der Waals surface area contributed by atoms with E-state index in [0.717, 1.165) is 36.1 Å². The van der Waals surface area contributed by atoms with Gasteiger partial charge in [0, 0.05) is 48.4 Å². The molecular weight excluding hydrogens is 468 g/mol. The van der Waals surface area contributed by atoms with E-state index in [-0.39, 0.29) is 5.69 Å². The zero-order valence-electron chi connectivity index (χ0n) is 21.4. The third kappa shape index (κ3) is 4.93. The molecule has 4 heterocycles. The van der Waals surface area contributed by atoms with Gasteiger partial charge in [0.05, 0.1) is 0 Å². The lowest BCUT2D eigenvalue weighted by atomic mass is 9.76. The maximum atomic E-state index is 13.9. The fraction of sp³-hybridized carbons (Fsp3) is 0.423. The average Bonchev–Trinajstić information content (AvgIpc) is 3.66. The van der Waals surface area contributed by atoms with Crippen LogP contribution in [0, 0.1) is 5.92 Å². The number of allylic oxidation sites excluding steroid dienone is 1. The highest BCUT2D eigenvalue weighted by Crippen LogP contribution is 2.35. The van der Waals surface area contributed by atoms with Gasteiger partial charge >= 0.3 is 5.69 Å².